The van der Waals surface area contributed by atoms with Crippen LogP contribution in [0.5, 0.6) is 0 Å². The van der Waals surface area contributed by atoms with Crippen LogP contribution in [0.15, 0.2) is 251 Å². The molecule has 0 aliphatic heterocycles. The van der Waals surface area contributed by atoms with Crippen molar-refractivity contribution in [3.63, 3.8) is 0 Å². The van der Waals surface area contributed by atoms with Crippen LogP contribution in [-0.2, 0) is 0 Å². The van der Waals surface area contributed by atoms with Gasteiger partial charge in [-0.2, -0.15) is 0 Å². The van der Waals surface area contributed by atoms with Crippen LogP contribution in [0.4, 0.5) is 0 Å². The minimum atomic E-state index is 0.610. The Morgan fingerprint density at radius 3 is 1.12 bits per heavy atom. The first-order valence-corrected chi connectivity index (χ1v) is 25.5. The molecule has 0 aliphatic rings. The van der Waals surface area contributed by atoms with Gasteiger partial charge in [0.1, 0.15) is 58.3 Å². The smallest absolute Gasteiger partial charge is 0.237 e. The second kappa shape index (κ2) is 17.3. The number of furan rings is 3. The van der Waals surface area contributed by atoms with Crippen LogP contribution >= 0.6 is 0 Å². The van der Waals surface area contributed by atoms with E-state index in [1.165, 1.54) is 39.8 Å². The van der Waals surface area contributed by atoms with Gasteiger partial charge in [0.2, 0.25) is 5.95 Å². The lowest BCUT2D eigenvalue weighted by molar-refractivity contribution is 0.669. The van der Waals surface area contributed by atoms with Crippen LogP contribution in [0.2, 0.25) is 0 Å². The number of nitrogens with zero attached hydrogens (tertiary/aromatic N) is 9. The van der Waals surface area contributed by atoms with E-state index in [0.717, 1.165) is 116 Å². The van der Waals surface area contributed by atoms with Crippen LogP contribution < -0.4 is 0 Å². The topological polar surface area (TPSA) is 132 Å². The summed E-state index contributed by atoms with van der Waals surface area (Å²) in [5, 5.41) is 13.8. The molecule has 0 unspecified atom stereocenters. The van der Waals surface area contributed by atoms with Crippen molar-refractivity contribution in [2.24, 2.45) is 0 Å². The van der Waals surface area contributed by atoms with Crippen molar-refractivity contribution in [3.8, 4) is 17.5 Å². The van der Waals surface area contributed by atoms with Crippen molar-refractivity contribution in [3.05, 3.63) is 238 Å². The molecule has 12 heteroatoms. The van der Waals surface area contributed by atoms with Gasteiger partial charge in [0.05, 0.1) is 33.1 Å². The van der Waals surface area contributed by atoms with Crippen LogP contribution in [0, 0.1) is 0 Å². The van der Waals surface area contributed by atoms with E-state index in [4.69, 9.17) is 13.3 Å². The molecule has 0 spiro atoms. The van der Waals surface area contributed by atoms with Gasteiger partial charge < -0.3 is 17.8 Å². The molecule has 0 saturated carbocycles. The normalized spacial score (nSPS) is 11.8. The summed E-state index contributed by atoms with van der Waals surface area (Å²) in [6, 6.07) is 68.7. The maximum atomic E-state index is 6.11. The van der Waals surface area contributed by atoms with E-state index in [9.17, 15) is 0 Å². The average Bonchev–Trinajstić information content (AvgIpc) is 4.36. The van der Waals surface area contributed by atoms with E-state index >= 15 is 0 Å². The fourth-order valence-corrected chi connectivity index (χ4v) is 11.6. The largest absolute Gasteiger partial charge is 0.456 e. The van der Waals surface area contributed by atoms with Gasteiger partial charge >= 0.3 is 0 Å². The second-order valence-electron chi connectivity index (χ2n) is 19.2. The lowest BCUT2D eigenvalue weighted by Gasteiger charge is -2.07. The van der Waals surface area contributed by atoms with Crippen molar-refractivity contribution >= 4 is 131 Å². The Morgan fingerprint density at radius 1 is 0.256 bits per heavy atom. The highest BCUT2D eigenvalue weighted by Gasteiger charge is 2.20. The van der Waals surface area contributed by atoms with Gasteiger partial charge in [0.25, 0.3) is 0 Å². The SMILES string of the molecule is c1ccc2c(c1)oc1cc3c4ccccc4n(-c4ccncc4)c3cc12.c1ccc2c(c1)oc1cc3c4ccccc4n(-c4ccncn4)c3cc12.c1ccc2c(c1)oc1cc3c4ccccc4n(-c4ncncn4)c3cc12. The maximum absolute atomic E-state index is 6.11. The van der Waals surface area contributed by atoms with Gasteiger partial charge in [0.15, 0.2) is 0 Å². The first kappa shape index (κ1) is 43.4. The molecule has 18 rings (SSSR count). The van der Waals surface area contributed by atoms with Crippen molar-refractivity contribution < 1.29 is 13.3 Å². The van der Waals surface area contributed by atoms with Gasteiger partial charge in [-0.3, -0.25) is 14.1 Å². The highest BCUT2D eigenvalue weighted by molar-refractivity contribution is 6.20. The van der Waals surface area contributed by atoms with Crippen LogP contribution in [-0.4, -0.2) is 43.6 Å². The summed E-state index contributed by atoms with van der Waals surface area (Å²) < 4.78 is 24.8. The highest BCUT2D eigenvalue weighted by atomic mass is 16.3. The molecule has 0 aliphatic carbocycles. The third kappa shape index (κ3) is 6.73. The van der Waals surface area contributed by atoms with E-state index in [1.54, 1.807) is 12.5 Å². The fourth-order valence-electron chi connectivity index (χ4n) is 11.6. The van der Waals surface area contributed by atoms with E-state index < -0.39 is 0 Å². The van der Waals surface area contributed by atoms with Gasteiger partial charge in [-0.25, -0.2) is 24.9 Å². The molecule has 0 saturated heterocycles. The lowest BCUT2D eigenvalue weighted by atomic mass is 10.1. The molecule has 12 nitrogen and oxygen atoms in total. The second-order valence-corrected chi connectivity index (χ2v) is 19.2. The number of rotatable bonds is 3. The minimum absolute atomic E-state index is 0.610. The Balaban J connectivity index is 0.0000000978. The number of pyridine rings is 1. The Morgan fingerprint density at radius 2 is 0.641 bits per heavy atom. The summed E-state index contributed by atoms with van der Waals surface area (Å²) in [5.41, 5.74) is 13.3. The van der Waals surface area contributed by atoms with Crippen molar-refractivity contribution in [2.45, 2.75) is 0 Å². The van der Waals surface area contributed by atoms with E-state index in [2.05, 4.69) is 165 Å². The fraction of sp³-hybridized carbons (Fsp3) is 0. The standard InChI is InChI=1S/C23H14N2O.C22H13N3O.C21H12N4O/c1-3-7-20-16(5-1)18-14-23-19(17-6-2-4-8-22(17)26-23)13-21(18)25(20)15-9-11-24-12-10-15;1-3-7-18-14(5-1)16-12-21-17(15-6-2-4-8-20(15)26-21)11-19(16)25(18)22-9-10-23-13-24-22;1-3-7-17-13(5-1)15-10-20-16(14-6-2-4-8-19(14)26-20)9-18(15)25(17)21-23-11-22-12-24-21/h1-14H;1-13H;1-12H. The maximum Gasteiger partial charge on any atom is 0.237 e. The highest BCUT2D eigenvalue weighted by Crippen LogP contribution is 2.41. The van der Waals surface area contributed by atoms with Gasteiger partial charge in [0, 0.05) is 88.9 Å². The molecule has 0 bridgehead atoms. The molecule has 366 valence electrons. The number of aromatic nitrogens is 9. The predicted octanol–water partition coefficient (Wildman–Crippen LogP) is 16.4. The van der Waals surface area contributed by atoms with Gasteiger partial charge in [-0.15, -0.1) is 0 Å². The van der Waals surface area contributed by atoms with Crippen LogP contribution in [0.3, 0.4) is 0 Å². The monoisotopic (exact) mass is 1010 g/mol. The Kier molecular flexibility index (Phi) is 9.63. The number of hydrogen-bond donors (Lipinski definition) is 0. The summed E-state index contributed by atoms with van der Waals surface area (Å²) in [7, 11) is 0. The van der Waals surface area contributed by atoms with Gasteiger partial charge in [-0.1, -0.05) is 109 Å². The molecule has 9 aromatic carbocycles. The molecule has 0 amide bonds. The molecular weight excluding hydrogens is 967 g/mol. The van der Waals surface area contributed by atoms with Crippen molar-refractivity contribution in [1.82, 2.24) is 43.6 Å². The lowest BCUT2D eigenvalue weighted by Crippen LogP contribution is -2.00. The molecule has 0 N–H and O–H groups in total. The molecule has 0 radical (unpaired) electrons. The van der Waals surface area contributed by atoms with E-state index in [-0.39, 0.29) is 0 Å². The van der Waals surface area contributed by atoms with E-state index in [0.29, 0.717) is 5.95 Å². The third-order valence-electron chi connectivity index (χ3n) is 14.9. The Labute approximate surface area is 441 Å². The van der Waals surface area contributed by atoms with E-state index in [1.807, 2.05) is 91.3 Å². The third-order valence-corrected chi connectivity index (χ3v) is 14.9. The number of hydrogen-bond acceptors (Lipinski definition) is 9. The van der Waals surface area contributed by atoms with Crippen LogP contribution in [0.25, 0.3) is 149 Å². The summed E-state index contributed by atoms with van der Waals surface area (Å²) in [5.74, 6) is 1.47. The Hall–Kier alpha value is -11.0. The van der Waals surface area contributed by atoms with Crippen molar-refractivity contribution in [1.29, 1.82) is 0 Å². The minimum Gasteiger partial charge on any atom is -0.456 e. The zero-order chi connectivity index (χ0) is 51.3. The number of para-hydroxylation sites is 6. The summed E-state index contributed by atoms with van der Waals surface area (Å²) >= 11 is 0. The molecule has 0 atom stereocenters. The number of benzene rings is 9. The summed E-state index contributed by atoms with van der Waals surface area (Å²) in [6.45, 7) is 0. The summed E-state index contributed by atoms with van der Waals surface area (Å²) in [4.78, 5) is 25.4. The molecular formula is C66H39N9O3. The predicted molar refractivity (Wildman–Crippen MR) is 311 cm³/mol. The molecule has 78 heavy (non-hydrogen) atoms. The van der Waals surface area contributed by atoms with Gasteiger partial charge in [-0.05, 0) is 91.0 Å². The zero-order valence-corrected chi connectivity index (χ0v) is 41.3. The number of fused-ring (bicyclic) bond motifs is 18. The summed E-state index contributed by atoms with van der Waals surface area (Å²) in [6.07, 6.45) is 10.1. The quantitative estimate of drug-likeness (QED) is 0.170. The molecule has 9 heterocycles. The van der Waals surface area contributed by atoms with Crippen molar-refractivity contribution in [2.75, 3.05) is 0 Å². The zero-order valence-electron chi connectivity index (χ0n) is 41.3. The first-order chi connectivity index (χ1) is 38.7. The molecule has 18 aromatic rings. The Bertz CT molecular complexity index is 4810. The van der Waals surface area contributed by atoms with Crippen LogP contribution in [0.1, 0.15) is 0 Å². The average molecular weight is 1010 g/mol. The molecule has 9 aromatic heterocycles. The molecule has 0 fully saturated rings. The first-order valence-electron chi connectivity index (χ1n) is 25.5.